The number of piperidine rings is 1. The van der Waals surface area contributed by atoms with Crippen LogP contribution in [0.5, 0.6) is 0 Å². The Kier molecular flexibility index (Phi) is 4.55. The number of hydrogen-bond donors (Lipinski definition) is 0. The van der Waals surface area contributed by atoms with E-state index < -0.39 is 0 Å². The summed E-state index contributed by atoms with van der Waals surface area (Å²) in [5, 5.41) is 0. The highest BCUT2D eigenvalue weighted by Gasteiger charge is 2.38. The molecule has 0 bridgehead atoms. The van der Waals surface area contributed by atoms with Crippen molar-refractivity contribution in [1.29, 1.82) is 0 Å². The molecule has 20 heavy (non-hydrogen) atoms. The lowest BCUT2D eigenvalue weighted by Crippen LogP contribution is -2.52. The Morgan fingerprint density at radius 1 is 1.05 bits per heavy atom. The van der Waals surface area contributed by atoms with E-state index in [0.29, 0.717) is 11.0 Å². The van der Waals surface area contributed by atoms with Crippen LogP contribution in [0.1, 0.15) is 39.2 Å². The fourth-order valence-corrected chi connectivity index (χ4v) is 3.54. The highest BCUT2D eigenvalue weighted by atomic mass is 15.2. The van der Waals surface area contributed by atoms with Crippen LogP contribution < -0.4 is 0 Å². The van der Waals surface area contributed by atoms with Gasteiger partial charge in [-0.3, -0.25) is 4.90 Å². The van der Waals surface area contributed by atoms with Gasteiger partial charge in [0.15, 0.2) is 0 Å². The maximum absolute atomic E-state index is 2.63. The molecule has 1 saturated heterocycles. The molecular weight excluding hydrogens is 244 g/mol. The Hall–Kier alpha value is -0.860. The second-order valence-corrected chi connectivity index (χ2v) is 7.54. The summed E-state index contributed by atoms with van der Waals surface area (Å²) < 4.78 is 0. The first-order valence-corrected chi connectivity index (χ1v) is 7.79. The Bertz CT molecular complexity index is 409. The molecule has 1 heterocycles. The van der Waals surface area contributed by atoms with E-state index >= 15 is 0 Å². The summed E-state index contributed by atoms with van der Waals surface area (Å²) in [5.74, 6) is 0. The van der Waals surface area contributed by atoms with E-state index in [1.54, 1.807) is 0 Å². The van der Waals surface area contributed by atoms with E-state index in [9.17, 15) is 0 Å². The Balaban J connectivity index is 2.20. The molecule has 0 aliphatic carbocycles. The summed E-state index contributed by atoms with van der Waals surface area (Å²) >= 11 is 0. The molecule has 0 atom stereocenters. The number of likely N-dealkylation sites (tertiary alicyclic amines) is 1. The first-order valence-electron chi connectivity index (χ1n) is 7.79. The van der Waals surface area contributed by atoms with Crippen molar-refractivity contribution in [1.82, 2.24) is 9.80 Å². The third-order valence-corrected chi connectivity index (χ3v) is 4.67. The summed E-state index contributed by atoms with van der Waals surface area (Å²) in [6, 6.07) is 11.1. The van der Waals surface area contributed by atoms with Gasteiger partial charge in [-0.25, -0.2) is 0 Å². The molecule has 1 fully saturated rings. The molecular formula is C18H30N2. The molecule has 0 aromatic heterocycles. The van der Waals surface area contributed by atoms with Crippen molar-refractivity contribution in [3.8, 4) is 0 Å². The maximum Gasteiger partial charge on any atom is 0.0125 e. The van der Waals surface area contributed by atoms with Crippen LogP contribution >= 0.6 is 0 Å². The van der Waals surface area contributed by atoms with Crippen LogP contribution in [0.15, 0.2) is 30.3 Å². The van der Waals surface area contributed by atoms with Crippen LogP contribution in [0.3, 0.4) is 0 Å². The SMILES string of the molecule is CN(C)CC1(c2ccccc2)CCN(C(C)(C)C)CC1. The summed E-state index contributed by atoms with van der Waals surface area (Å²) in [5.41, 5.74) is 2.13. The van der Waals surface area contributed by atoms with E-state index in [2.05, 4.69) is 75.0 Å². The molecule has 0 spiro atoms. The average molecular weight is 274 g/mol. The summed E-state index contributed by atoms with van der Waals surface area (Å²) in [4.78, 5) is 4.98. The quantitative estimate of drug-likeness (QED) is 0.834. The largest absolute Gasteiger partial charge is 0.309 e. The van der Waals surface area contributed by atoms with Crippen molar-refractivity contribution in [2.24, 2.45) is 0 Å². The highest BCUT2D eigenvalue weighted by Crippen LogP contribution is 2.37. The van der Waals surface area contributed by atoms with Gasteiger partial charge in [0.2, 0.25) is 0 Å². The van der Waals surface area contributed by atoms with Crippen molar-refractivity contribution in [3.05, 3.63) is 35.9 Å². The van der Waals surface area contributed by atoms with Gasteiger partial charge >= 0.3 is 0 Å². The predicted molar refractivity (Wildman–Crippen MR) is 87.2 cm³/mol. The molecule has 1 aromatic rings. The zero-order valence-corrected chi connectivity index (χ0v) is 13.8. The minimum atomic E-state index is 0.293. The first kappa shape index (κ1) is 15.5. The number of benzene rings is 1. The molecule has 112 valence electrons. The molecule has 0 radical (unpaired) electrons. The van der Waals surface area contributed by atoms with E-state index in [4.69, 9.17) is 0 Å². The summed E-state index contributed by atoms with van der Waals surface area (Å²) in [7, 11) is 4.39. The van der Waals surface area contributed by atoms with Gasteiger partial charge in [0.1, 0.15) is 0 Å². The van der Waals surface area contributed by atoms with Gasteiger partial charge in [0, 0.05) is 17.5 Å². The van der Waals surface area contributed by atoms with E-state index in [1.807, 2.05) is 0 Å². The monoisotopic (exact) mass is 274 g/mol. The van der Waals surface area contributed by atoms with Crippen LogP contribution in [-0.2, 0) is 5.41 Å². The second kappa shape index (κ2) is 5.87. The summed E-state index contributed by atoms with van der Waals surface area (Å²) in [6.45, 7) is 10.5. The molecule has 0 saturated carbocycles. The van der Waals surface area contributed by atoms with Gasteiger partial charge < -0.3 is 4.90 Å². The molecule has 0 unspecified atom stereocenters. The van der Waals surface area contributed by atoms with Crippen molar-refractivity contribution in [2.75, 3.05) is 33.7 Å². The third kappa shape index (κ3) is 3.42. The average Bonchev–Trinajstić information content (AvgIpc) is 2.38. The minimum absolute atomic E-state index is 0.293. The predicted octanol–water partition coefficient (Wildman–Crippen LogP) is 3.38. The van der Waals surface area contributed by atoms with Crippen LogP contribution in [0.4, 0.5) is 0 Å². The second-order valence-electron chi connectivity index (χ2n) is 7.54. The topological polar surface area (TPSA) is 6.48 Å². The molecule has 1 aromatic carbocycles. The third-order valence-electron chi connectivity index (χ3n) is 4.67. The van der Waals surface area contributed by atoms with Crippen LogP contribution in [-0.4, -0.2) is 49.1 Å². The maximum atomic E-state index is 2.63. The minimum Gasteiger partial charge on any atom is -0.309 e. The number of likely N-dealkylation sites (N-methyl/N-ethyl adjacent to an activating group) is 1. The normalized spacial score (nSPS) is 20.3. The Morgan fingerprint density at radius 3 is 2.05 bits per heavy atom. The lowest BCUT2D eigenvalue weighted by molar-refractivity contribution is 0.0644. The van der Waals surface area contributed by atoms with Gasteiger partial charge in [-0.05, 0) is 66.4 Å². The van der Waals surface area contributed by atoms with Gasteiger partial charge in [0.25, 0.3) is 0 Å². The molecule has 0 amide bonds. The van der Waals surface area contributed by atoms with Crippen LogP contribution in [0, 0.1) is 0 Å². The van der Waals surface area contributed by atoms with Crippen LogP contribution in [0.25, 0.3) is 0 Å². The lowest BCUT2D eigenvalue weighted by Gasteiger charge is -2.48. The van der Waals surface area contributed by atoms with Gasteiger partial charge in [-0.15, -0.1) is 0 Å². The highest BCUT2D eigenvalue weighted by molar-refractivity contribution is 5.27. The summed E-state index contributed by atoms with van der Waals surface area (Å²) in [6.07, 6.45) is 2.51. The van der Waals surface area contributed by atoms with E-state index in [1.165, 1.54) is 31.5 Å². The zero-order valence-electron chi connectivity index (χ0n) is 13.8. The van der Waals surface area contributed by atoms with Crippen molar-refractivity contribution < 1.29 is 0 Å². The van der Waals surface area contributed by atoms with Crippen LogP contribution in [0.2, 0.25) is 0 Å². The lowest BCUT2D eigenvalue weighted by atomic mass is 9.72. The Labute approximate surface area is 124 Å². The fourth-order valence-electron chi connectivity index (χ4n) is 3.54. The molecule has 0 N–H and O–H groups in total. The van der Waals surface area contributed by atoms with E-state index in [-0.39, 0.29) is 0 Å². The van der Waals surface area contributed by atoms with Crippen molar-refractivity contribution in [2.45, 2.75) is 44.6 Å². The molecule has 2 nitrogen and oxygen atoms in total. The standard InChI is InChI=1S/C18H30N2/c1-17(2,3)20-13-11-18(12-14-20,15-19(4)5)16-9-7-6-8-10-16/h6-10H,11-15H2,1-5H3. The fraction of sp³-hybridized carbons (Fsp3) is 0.667. The number of rotatable bonds is 3. The molecule has 1 aliphatic heterocycles. The number of hydrogen-bond acceptors (Lipinski definition) is 2. The van der Waals surface area contributed by atoms with Crippen molar-refractivity contribution >= 4 is 0 Å². The molecule has 1 aliphatic rings. The Morgan fingerprint density at radius 2 is 1.60 bits per heavy atom. The molecule has 2 heteroatoms. The van der Waals surface area contributed by atoms with Crippen molar-refractivity contribution in [3.63, 3.8) is 0 Å². The smallest absolute Gasteiger partial charge is 0.0125 e. The first-order chi connectivity index (χ1) is 9.33. The van der Waals surface area contributed by atoms with Gasteiger partial charge in [-0.2, -0.15) is 0 Å². The number of nitrogens with zero attached hydrogens (tertiary/aromatic N) is 2. The molecule has 2 rings (SSSR count). The van der Waals surface area contributed by atoms with Gasteiger partial charge in [0.05, 0.1) is 0 Å². The van der Waals surface area contributed by atoms with E-state index in [0.717, 1.165) is 6.54 Å². The van der Waals surface area contributed by atoms with Gasteiger partial charge in [-0.1, -0.05) is 30.3 Å². The zero-order chi connectivity index (χ0) is 14.8.